The molecule has 1 fully saturated rings. The van der Waals surface area contributed by atoms with Crippen LogP contribution in [0, 0.1) is 0 Å². The smallest absolute Gasteiger partial charge is 0.369 e. The number of hydrogen-bond donors (Lipinski definition) is 1. The molecule has 0 aromatic carbocycles. The van der Waals surface area contributed by atoms with Gasteiger partial charge in [-0.3, -0.25) is 9.69 Å². The van der Waals surface area contributed by atoms with Crippen molar-refractivity contribution in [1.82, 2.24) is 15.1 Å². The number of thioether (sulfide) groups is 2. The Morgan fingerprint density at radius 3 is 3.11 bits per heavy atom. The molecule has 0 spiro atoms. The minimum Gasteiger partial charge on any atom is -0.369 e. The molecule has 1 saturated heterocycles. The Bertz CT molecular complexity index is 559. The van der Waals surface area contributed by atoms with Gasteiger partial charge in [-0.15, -0.1) is 22.0 Å². The molecule has 2 aliphatic heterocycles. The summed E-state index contributed by atoms with van der Waals surface area (Å²) in [5.41, 5.74) is 1.85. The van der Waals surface area contributed by atoms with Crippen molar-refractivity contribution in [3.63, 3.8) is 0 Å². The van der Waals surface area contributed by atoms with Crippen molar-refractivity contribution in [3.05, 3.63) is 16.1 Å². The second-order valence-electron chi connectivity index (χ2n) is 3.72. The molecular weight excluding hydrogens is 308 g/mol. The number of rotatable bonds is 3. The van der Waals surface area contributed by atoms with Crippen LogP contribution >= 0.6 is 34.9 Å². The van der Waals surface area contributed by atoms with Crippen LogP contribution in [0.3, 0.4) is 0 Å². The van der Waals surface area contributed by atoms with Gasteiger partial charge in [-0.2, -0.15) is 5.90 Å². The highest BCUT2D eigenvalue weighted by molar-refractivity contribution is 8.07. The van der Waals surface area contributed by atoms with E-state index in [0.29, 0.717) is 16.5 Å². The normalized spacial score (nSPS) is 22.1. The Balaban J connectivity index is 1.95. The van der Waals surface area contributed by atoms with Crippen molar-refractivity contribution in [2.75, 3.05) is 5.75 Å². The standard InChI is InChI=1S/C9H8N4O3S3/c10-16-8(15)7-4(19-9-12-11-3-18-9)2-17-6-1-5(14)13(6)7/h3,6H,1-2,10H2/t6-/m0/s1. The third kappa shape index (κ3) is 2.24. The number of fused-ring (bicyclic) bond motifs is 1. The van der Waals surface area contributed by atoms with Crippen LogP contribution in [0.5, 0.6) is 0 Å². The summed E-state index contributed by atoms with van der Waals surface area (Å²) in [6.07, 6.45) is 0.447. The van der Waals surface area contributed by atoms with Crippen molar-refractivity contribution in [1.29, 1.82) is 0 Å². The van der Waals surface area contributed by atoms with Gasteiger partial charge in [-0.1, -0.05) is 23.1 Å². The third-order valence-electron chi connectivity index (χ3n) is 2.67. The molecule has 2 aliphatic rings. The number of amides is 1. The third-order valence-corrected chi connectivity index (χ3v) is 5.93. The van der Waals surface area contributed by atoms with Crippen LogP contribution in [0.2, 0.25) is 0 Å². The average Bonchev–Trinajstić information content (AvgIpc) is 2.90. The van der Waals surface area contributed by atoms with E-state index in [4.69, 9.17) is 5.90 Å². The molecule has 1 amide bonds. The van der Waals surface area contributed by atoms with Gasteiger partial charge in [0.2, 0.25) is 5.91 Å². The molecule has 7 nitrogen and oxygen atoms in total. The minimum atomic E-state index is -0.689. The first-order valence-electron chi connectivity index (χ1n) is 5.22. The Labute approximate surface area is 120 Å². The fourth-order valence-electron chi connectivity index (χ4n) is 1.82. The maximum atomic E-state index is 11.8. The van der Waals surface area contributed by atoms with Crippen LogP contribution in [0.15, 0.2) is 20.5 Å². The lowest BCUT2D eigenvalue weighted by molar-refractivity contribution is -0.149. The van der Waals surface area contributed by atoms with Gasteiger partial charge in [0.25, 0.3) is 0 Å². The predicted octanol–water partition coefficient (Wildman–Crippen LogP) is 0.564. The molecule has 1 aromatic heterocycles. The number of nitrogens with two attached hydrogens (primary N) is 1. The number of carbonyl (C=O) groups excluding carboxylic acids is 2. The van der Waals surface area contributed by atoms with E-state index in [-0.39, 0.29) is 17.0 Å². The van der Waals surface area contributed by atoms with Gasteiger partial charge in [0.05, 0.1) is 11.8 Å². The highest BCUT2D eigenvalue weighted by Crippen LogP contribution is 2.45. The van der Waals surface area contributed by atoms with E-state index < -0.39 is 5.97 Å². The lowest BCUT2D eigenvalue weighted by atomic mass is 10.1. The molecular formula is C9H8N4O3S3. The molecule has 0 radical (unpaired) electrons. The van der Waals surface area contributed by atoms with Crippen LogP contribution in [0.4, 0.5) is 0 Å². The maximum Gasteiger partial charge on any atom is 0.374 e. The van der Waals surface area contributed by atoms with Gasteiger partial charge >= 0.3 is 5.97 Å². The van der Waals surface area contributed by atoms with Crippen LogP contribution in [-0.4, -0.2) is 38.1 Å². The van der Waals surface area contributed by atoms with Crippen LogP contribution in [-0.2, 0) is 14.4 Å². The van der Waals surface area contributed by atoms with Crippen LogP contribution in [0.25, 0.3) is 0 Å². The van der Waals surface area contributed by atoms with Crippen molar-refractivity contribution in [2.45, 2.75) is 16.1 Å². The quantitative estimate of drug-likeness (QED) is 0.638. The number of β-lactam (4-membered cyclic amide) rings is 1. The molecule has 100 valence electrons. The highest BCUT2D eigenvalue weighted by Gasteiger charge is 2.46. The lowest BCUT2D eigenvalue weighted by Gasteiger charge is -2.43. The average molecular weight is 316 g/mol. The minimum absolute atomic E-state index is 0.0142. The van der Waals surface area contributed by atoms with Gasteiger partial charge in [-0.25, -0.2) is 4.79 Å². The zero-order valence-electron chi connectivity index (χ0n) is 9.44. The summed E-state index contributed by atoms with van der Waals surface area (Å²) < 4.78 is 0.712. The maximum absolute atomic E-state index is 11.8. The van der Waals surface area contributed by atoms with Crippen molar-refractivity contribution in [3.8, 4) is 0 Å². The van der Waals surface area contributed by atoms with Crippen LogP contribution in [0.1, 0.15) is 6.42 Å². The Hall–Kier alpha value is -1.10. The molecule has 1 aromatic rings. The second-order valence-corrected chi connectivity index (χ2v) is 7.06. The fraction of sp³-hybridized carbons (Fsp3) is 0.333. The van der Waals surface area contributed by atoms with Crippen LogP contribution < -0.4 is 5.90 Å². The topological polar surface area (TPSA) is 98.4 Å². The Kier molecular flexibility index (Phi) is 3.48. The molecule has 3 heterocycles. The van der Waals surface area contributed by atoms with E-state index >= 15 is 0 Å². The number of hydrogen-bond acceptors (Lipinski definition) is 9. The van der Waals surface area contributed by atoms with Gasteiger partial charge < -0.3 is 4.84 Å². The molecule has 3 rings (SSSR count). The number of carbonyl (C=O) groups is 2. The zero-order chi connectivity index (χ0) is 13.4. The summed E-state index contributed by atoms with van der Waals surface area (Å²) in [6.45, 7) is 0. The summed E-state index contributed by atoms with van der Waals surface area (Å²) in [5, 5.41) is 7.66. The van der Waals surface area contributed by atoms with Crippen molar-refractivity contribution >= 4 is 46.7 Å². The molecule has 0 bridgehead atoms. The molecule has 1 atom stereocenters. The largest absolute Gasteiger partial charge is 0.374 e. The monoisotopic (exact) mass is 316 g/mol. The van der Waals surface area contributed by atoms with E-state index in [9.17, 15) is 9.59 Å². The molecule has 0 unspecified atom stereocenters. The summed E-state index contributed by atoms with van der Waals surface area (Å²) in [5.74, 6) is 4.80. The molecule has 19 heavy (non-hydrogen) atoms. The van der Waals surface area contributed by atoms with Gasteiger partial charge in [0, 0.05) is 10.7 Å². The van der Waals surface area contributed by atoms with Gasteiger partial charge in [0.1, 0.15) is 11.2 Å². The first-order chi connectivity index (χ1) is 9.20. The van der Waals surface area contributed by atoms with E-state index in [2.05, 4.69) is 15.0 Å². The van der Waals surface area contributed by atoms with E-state index in [0.717, 1.165) is 4.91 Å². The highest BCUT2D eigenvalue weighted by atomic mass is 32.2. The first kappa shape index (κ1) is 12.9. The van der Waals surface area contributed by atoms with E-state index in [1.165, 1.54) is 28.0 Å². The molecule has 0 saturated carbocycles. The molecule has 10 heteroatoms. The molecule has 0 aliphatic carbocycles. The summed E-state index contributed by atoms with van der Waals surface area (Å²) in [4.78, 5) is 29.9. The second kappa shape index (κ2) is 5.12. The predicted molar refractivity (Wildman–Crippen MR) is 70.8 cm³/mol. The summed E-state index contributed by atoms with van der Waals surface area (Å²) in [6, 6.07) is 0. The first-order valence-corrected chi connectivity index (χ1v) is 7.97. The van der Waals surface area contributed by atoms with Gasteiger partial charge in [0.15, 0.2) is 4.34 Å². The van der Waals surface area contributed by atoms with Gasteiger partial charge in [-0.05, 0) is 0 Å². The summed E-state index contributed by atoms with van der Waals surface area (Å²) in [7, 11) is 0. The summed E-state index contributed by atoms with van der Waals surface area (Å²) >= 11 is 4.30. The SMILES string of the molecule is NOC(=O)C1=C(Sc2nncs2)CS[C@H]2CC(=O)N12. The molecule has 2 N–H and O–H groups in total. The van der Waals surface area contributed by atoms with Crippen molar-refractivity contribution < 1.29 is 14.4 Å². The lowest BCUT2D eigenvalue weighted by Crippen LogP contribution is -2.54. The number of aromatic nitrogens is 2. The Morgan fingerprint density at radius 1 is 1.63 bits per heavy atom. The Morgan fingerprint density at radius 2 is 2.47 bits per heavy atom. The number of nitrogens with zero attached hydrogens (tertiary/aromatic N) is 3. The fourth-order valence-corrected chi connectivity index (χ4v) is 4.85. The van der Waals surface area contributed by atoms with Crippen molar-refractivity contribution in [2.24, 2.45) is 5.90 Å². The van der Waals surface area contributed by atoms with E-state index in [1.54, 1.807) is 17.3 Å². The zero-order valence-corrected chi connectivity index (χ0v) is 11.9. The van der Waals surface area contributed by atoms with E-state index in [1.807, 2.05) is 0 Å².